The van der Waals surface area contributed by atoms with Crippen molar-refractivity contribution >= 4 is 23.5 Å². The Morgan fingerprint density at radius 2 is 1.88 bits per heavy atom. The van der Waals surface area contributed by atoms with E-state index in [1.54, 1.807) is 13.0 Å². The van der Waals surface area contributed by atoms with Crippen LogP contribution >= 0.6 is 11.8 Å². The molecule has 172 valence electrons. The third-order valence-corrected chi connectivity index (χ3v) is 5.71. The van der Waals surface area contributed by atoms with E-state index in [0.29, 0.717) is 28.6 Å². The summed E-state index contributed by atoms with van der Waals surface area (Å²) < 4.78 is 13.2. The van der Waals surface area contributed by atoms with E-state index in [-0.39, 0.29) is 17.8 Å². The van der Waals surface area contributed by atoms with Crippen LogP contribution in [0.25, 0.3) is 0 Å². The monoisotopic (exact) mass is 457 g/mol. The quantitative estimate of drug-likeness (QED) is 0.417. The summed E-state index contributed by atoms with van der Waals surface area (Å²) in [5.74, 6) is 3.44. The van der Waals surface area contributed by atoms with E-state index in [2.05, 4.69) is 60.5 Å². The molecule has 2 aromatic heterocycles. The smallest absolute Gasteiger partial charge is 0.236 e. The molecule has 0 aliphatic carbocycles. The molecule has 32 heavy (non-hydrogen) atoms. The minimum Gasteiger partial charge on any atom is -0.483 e. The van der Waals surface area contributed by atoms with Crippen molar-refractivity contribution in [1.82, 2.24) is 19.9 Å². The number of thioether (sulfide) groups is 1. The standard InChI is InChI=1S/C23H31N5O3S/c1-14(2)12-28-22(17(6)30-19-9-7-18(8-10-19)15(3)4)25-26-23(28)32-13-21(29)24-20-11-16(5)31-27-20/h7-11,14-15,17H,12-13H2,1-6H3,(H,24,27,29). The van der Waals surface area contributed by atoms with Crippen LogP contribution < -0.4 is 10.1 Å². The lowest BCUT2D eigenvalue weighted by Crippen LogP contribution is -2.17. The average molecular weight is 458 g/mol. The molecular weight excluding hydrogens is 426 g/mol. The number of ether oxygens (including phenoxy) is 1. The van der Waals surface area contributed by atoms with Crippen molar-refractivity contribution < 1.29 is 14.1 Å². The van der Waals surface area contributed by atoms with Crippen molar-refractivity contribution in [2.24, 2.45) is 5.92 Å². The lowest BCUT2D eigenvalue weighted by molar-refractivity contribution is -0.113. The maximum absolute atomic E-state index is 12.3. The molecule has 0 aliphatic heterocycles. The van der Waals surface area contributed by atoms with Gasteiger partial charge in [-0.1, -0.05) is 56.7 Å². The normalized spacial score (nSPS) is 12.4. The highest BCUT2D eigenvalue weighted by atomic mass is 32.2. The Balaban J connectivity index is 1.68. The molecule has 0 fully saturated rings. The van der Waals surface area contributed by atoms with Crippen LogP contribution in [0, 0.1) is 12.8 Å². The number of benzene rings is 1. The number of carbonyl (C=O) groups excluding carboxylic acids is 1. The van der Waals surface area contributed by atoms with E-state index in [1.165, 1.54) is 17.3 Å². The fourth-order valence-corrected chi connectivity index (χ4v) is 3.92. The van der Waals surface area contributed by atoms with Gasteiger partial charge in [-0.25, -0.2) is 0 Å². The zero-order valence-corrected chi connectivity index (χ0v) is 20.3. The Morgan fingerprint density at radius 1 is 1.16 bits per heavy atom. The molecule has 2 heterocycles. The molecule has 0 spiro atoms. The zero-order chi connectivity index (χ0) is 23.3. The van der Waals surface area contributed by atoms with Crippen LogP contribution in [0.5, 0.6) is 5.75 Å². The van der Waals surface area contributed by atoms with Gasteiger partial charge in [0, 0.05) is 12.6 Å². The molecule has 9 heteroatoms. The van der Waals surface area contributed by atoms with Crippen LogP contribution in [-0.4, -0.2) is 31.6 Å². The van der Waals surface area contributed by atoms with Gasteiger partial charge in [-0.05, 0) is 43.4 Å². The first-order valence-electron chi connectivity index (χ1n) is 10.8. The van der Waals surface area contributed by atoms with Crippen molar-refractivity contribution in [3.05, 3.63) is 47.5 Å². The van der Waals surface area contributed by atoms with Gasteiger partial charge in [0.2, 0.25) is 5.91 Å². The number of hydrogen-bond acceptors (Lipinski definition) is 7. The van der Waals surface area contributed by atoms with Crippen LogP contribution in [0.2, 0.25) is 0 Å². The Hall–Kier alpha value is -2.81. The lowest BCUT2D eigenvalue weighted by Gasteiger charge is -2.18. The van der Waals surface area contributed by atoms with Crippen molar-refractivity contribution in [2.45, 2.75) is 65.3 Å². The number of aryl methyl sites for hydroxylation is 1. The molecule has 1 N–H and O–H groups in total. The summed E-state index contributed by atoms with van der Waals surface area (Å²) in [7, 11) is 0. The second-order valence-corrected chi connectivity index (χ2v) is 9.43. The highest BCUT2D eigenvalue weighted by molar-refractivity contribution is 7.99. The fraction of sp³-hybridized carbons (Fsp3) is 0.478. The summed E-state index contributed by atoms with van der Waals surface area (Å²) >= 11 is 1.34. The van der Waals surface area contributed by atoms with E-state index in [1.807, 2.05) is 23.6 Å². The van der Waals surface area contributed by atoms with Gasteiger partial charge in [0.25, 0.3) is 0 Å². The van der Waals surface area contributed by atoms with Crippen LogP contribution in [0.15, 0.2) is 40.0 Å². The molecule has 3 rings (SSSR count). The third-order valence-electron chi connectivity index (χ3n) is 4.74. The second kappa shape index (κ2) is 10.7. The molecule has 1 atom stereocenters. The highest BCUT2D eigenvalue weighted by Crippen LogP contribution is 2.27. The zero-order valence-electron chi connectivity index (χ0n) is 19.5. The second-order valence-electron chi connectivity index (χ2n) is 8.49. The van der Waals surface area contributed by atoms with Gasteiger partial charge in [-0.3, -0.25) is 4.79 Å². The SMILES string of the molecule is Cc1cc(NC(=O)CSc2nnc(C(C)Oc3ccc(C(C)C)cc3)n2CC(C)C)no1. The van der Waals surface area contributed by atoms with Crippen LogP contribution in [0.4, 0.5) is 5.82 Å². The molecule has 1 unspecified atom stereocenters. The molecule has 1 amide bonds. The summed E-state index contributed by atoms with van der Waals surface area (Å²) in [6.45, 7) is 13.1. The van der Waals surface area contributed by atoms with Gasteiger partial charge in [-0.2, -0.15) is 0 Å². The maximum Gasteiger partial charge on any atom is 0.236 e. The number of carbonyl (C=O) groups is 1. The number of amides is 1. The summed E-state index contributed by atoms with van der Waals surface area (Å²) in [6, 6.07) is 9.82. The van der Waals surface area contributed by atoms with Crippen molar-refractivity contribution in [3.8, 4) is 5.75 Å². The summed E-state index contributed by atoms with van der Waals surface area (Å²) in [6.07, 6.45) is -0.285. The van der Waals surface area contributed by atoms with Crippen molar-refractivity contribution in [3.63, 3.8) is 0 Å². The number of nitrogens with zero attached hydrogens (tertiary/aromatic N) is 4. The number of nitrogens with one attached hydrogen (secondary N) is 1. The summed E-state index contributed by atoms with van der Waals surface area (Å²) in [5, 5.41) is 15.9. The van der Waals surface area contributed by atoms with Gasteiger partial charge >= 0.3 is 0 Å². The maximum atomic E-state index is 12.3. The fourth-order valence-electron chi connectivity index (χ4n) is 3.17. The predicted octanol–water partition coefficient (Wildman–Crippen LogP) is 5.22. The largest absolute Gasteiger partial charge is 0.483 e. The predicted molar refractivity (Wildman–Crippen MR) is 125 cm³/mol. The van der Waals surface area contributed by atoms with Gasteiger partial charge in [0.1, 0.15) is 11.5 Å². The molecule has 0 aliphatic rings. The first-order chi connectivity index (χ1) is 15.2. The van der Waals surface area contributed by atoms with Crippen molar-refractivity contribution in [2.75, 3.05) is 11.1 Å². The molecule has 0 saturated carbocycles. The van der Waals surface area contributed by atoms with Crippen LogP contribution in [-0.2, 0) is 11.3 Å². The topological polar surface area (TPSA) is 95.1 Å². The molecule has 0 bridgehead atoms. The van der Waals surface area contributed by atoms with Gasteiger partial charge in [0.15, 0.2) is 22.9 Å². The Kier molecular flexibility index (Phi) is 7.95. The van der Waals surface area contributed by atoms with Gasteiger partial charge in [-0.15, -0.1) is 10.2 Å². The number of anilines is 1. The van der Waals surface area contributed by atoms with Crippen LogP contribution in [0.3, 0.4) is 0 Å². The first-order valence-corrected chi connectivity index (χ1v) is 11.8. The number of aromatic nitrogens is 4. The van der Waals surface area contributed by atoms with E-state index in [4.69, 9.17) is 9.26 Å². The minimum atomic E-state index is -0.285. The van der Waals surface area contributed by atoms with E-state index in [0.717, 1.165) is 18.1 Å². The summed E-state index contributed by atoms with van der Waals surface area (Å²) in [4.78, 5) is 12.3. The van der Waals surface area contributed by atoms with Crippen LogP contribution in [0.1, 0.15) is 63.8 Å². The molecule has 0 saturated heterocycles. The Labute approximate surface area is 193 Å². The van der Waals surface area contributed by atoms with E-state index < -0.39 is 0 Å². The molecule has 1 aromatic carbocycles. The lowest BCUT2D eigenvalue weighted by atomic mass is 10.0. The van der Waals surface area contributed by atoms with Crippen molar-refractivity contribution in [1.29, 1.82) is 0 Å². The first kappa shape index (κ1) is 23.8. The Morgan fingerprint density at radius 3 is 2.47 bits per heavy atom. The Bertz CT molecular complexity index is 1030. The van der Waals surface area contributed by atoms with E-state index in [9.17, 15) is 4.79 Å². The third kappa shape index (κ3) is 6.35. The average Bonchev–Trinajstić information content (AvgIpc) is 3.32. The molecule has 0 radical (unpaired) electrons. The molecule has 8 nitrogen and oxygen atoms in total. The highest BCUT2D eigenvalue weighted by Gasteiger charge is 2.21. The van der Waals surface area contributed by atoms with E-state index >= 15 is 0 Å². The molecular formula is C23H31N5O3S. The molecule has 3 aromatic rings. The summed E-state index contributed by atoms with van der Waals surface area (Å²) in [5.41, 5.74) is 1.27. The minimum absolute atomic E-state index is 0.182. The van der Waals surface area contributed by atoms with Gasteiger partial charge < -0.3 is 19.1 Å². The number of hydrogen-bond donors (Lipinski definition) is 1. The van der Waals surface area contributed by atoms with Gasteiger partial charge in [0.05, 0.1) is 5.75 Å². The number of rotatable bonds is 10.